The van der Waals surface area contributed by atoms with Crippen molar-refractivity contribution in [2.75, 3.05) is 0 Å². The molecule has 0 amide bonds. The molecule has 0 spiro atoms. The van der Waals surface area contributed by atoms with Crippen molar-refractivity contribution >= 4 is 11.6 Å². The number of benzene rings is 1. The van der Waals surface area contributed by atoms with Gasteiger partial charge in [-0.15, -0.1) is 0 Å². The molecular formula is C10H10Cl. The Bertz CT molecular complexity index is 251. The highest BCUT2D eigenvalue weighted by molar-refractivity contribution is 6.31. The summed E-state index contributed by atoms with van der Waals surface area (Å²) in [5.41, 5.74) is 1.26. The molecule has 1 aromatic carbocycles. The summed E-state index contributed by atoms with van der Waals surface area (Å²) in [6.07, 6.45) is 3.91. The van der Waals surface area contributed by atoms with E-state index in [1.807, 2.05) is 18.2 Å². The van der Waals surface area contributed by atoms with Crippen LogP contribution in [0.25, 0.3) is 0 Å². The van der Waals surface area contributed by atoms with Crippen LogP contribution in [0.3, 0.4) is 0 Å². The van der Waals surface area contributed by atoms with Crippen molar-refractivity contribution in [1.29, 1.82) is 0 Å². The van der Waals surface area contributed by atoms with Crippen molar-refractivity contribution in [1.82, 2.24) is 0 Å². The Morgan fingerprint density at radius 2 is 2.36 bits per heavy atom. The average molecular weight is 166 g/mol. The van der Waals surface area contributed by atoms with Gasteiger partial charge in [0.1, 0.15) is 0 Å². The molecule has 1 radical (unpaired) electrons. The minimum absolute atomic E-state index is 0.899. The molecule has 0 unspecified atom stereocenters. The van der Waals surface area contributed by atoms with E-state index in [1.165, 1.54) is 18.4 Å². The Hall–Kier alpha value is -0.490. The van der Waals surface area contributed by atoms with E-state index < -0.39 is 0 Å². The summed E-state index contributed by atoms with van der Waals surface area (Å²) < 4.78 is 0. The van der Waals surface area contributed by atoms with Crippen molar-refractivity contribution in [3.63, 3.8) is 0 Å². The van der Waals surface area contributed by atoms with Gasteiger partial charge in [-0.05, 0) is 48.9 Å². The predicted octanol–water partition coefficient (Wildman–Crippen LogP) is 3.09. The van der Waals surface area contributed by atoms with Crippen molar-refractivity contribution in [2.45, 2.75) is 19.3 Å². The third-order valence-corrected chi connectivity index (χ3v) is 2.46. The van der Waals surface area contributed by atoms with Crippen LogP contribution in [-0.2, 0) is 6.42 Å². The lowest BCUT2D eigenvalue weighted by molar-refractivity contribution is 0.832. The van der Waals surface area contributed by atoms with Gasteiger partial charge in [-0.2, -0.15) is 0 Å². The van der Waals surface area contributed by atoms with Crippen LogP contribution in [0.2, 0.25) is 5.02 Å². The van der Waals surface area contributed by atoms with Crippen LogP contribution >= 0.6 is 11.6 Å². The largest absolute Gasteiger partial charge is 0.0840 e. The average Bonchev–Trinajstić information content (AvgIpc) is 2.78. The first kappa shape index (κ1) is 7.17. The summed E-state index contributed by atoms with van der Waals surface area (Å²) in [7, 11) is 0. The molecule has 1 fully saturated rings. The summed E-state index contributed by atoms with van der Waals surface area (Å²) >= 11 is 5.98. The molecular weight excluding hydrogens is 156 g/mol. The van der Waals surface area contributed by atoms with Crippen LogP contribution in [0, 0.1) is 12.0 Å². The maximum absolute atomic E-state index is 5.98. The number of hydrogen-bond acceptors (Lipinski definition) is 0. The minimum Gasteiger partial charge on any atom is -0.0840 e. The first-order valence-corrected chi connectivity index (χ1v) is 4.38. The second kappa shape index (κ2) is 2.86. The van der Waals surface area contributed by atoms with E-state index in [9.17, 15) is 0 Å². The predicted molar refractivity (Wildman–Crippen MR) is 46.7 cm³/mol. The van der Waals surface area contributed by atoms with Gasteiger partial charge in [-0.3, -0.25) is 0 Å². The molecule has 0 N–H and O–H groups in total. The standard InChI is InChI=1S/C10H10Cl/c11-10-4-2-1-3-9(10)7-8-5-6-8/h2-4,8H,5-7H2. The fourth-order valence-electron chi connectivity index (χ4n) is 1.24. The highest BCUT2D eigenvalue weighted by Gasteiger charge is 2.21. The van der Waals surface area contributed by atoms with E-state index in [4.69, 9.17) is 11.6 Å². The molecule has 11 heavy (non-hydrogen) atoms. The molecule has 0 aromatic heterocycles. The zero-order chi connectivity index (χ0) is 7.68. The zero-order valence-electron chi connectivity index (χ0n) is 6.31. The summed E-state index contributed by atoms with van der Waals surface area (Å²) in [5, 5.41) is 0.899. The molecule has 0 bridgehead atoms. The molecule has 0 saturated heterocycles. The summed E-state index contributed by atoms with van der Waals surface area (Å²) in [5.74, 6) is 0.906. The van der Waals surface area contributed by atoms with Gasteiger partial charge < -0.3 is 0 Å². The molecule has 57 valence electrons. The number of halogens is 1. The summed E-state index contributed by atoms with van der Waals surface area (Å²) in [6, 6.07) is 8.83. The van der Waals surface area contributed by atoms with E-state index >= 15 is 0 Å². The third-order valence-electron chi connectivity index (χ3n) is 2.10. The molecule has 0 aliphatic heterocycles. The van der Waals surface area contributed by atoms with Gasteiger partial charge >= 0.3 is 0 Å². The van der Waals surface area contributed by atoms with Crippen LogP contribution in [0.5, 0.6) is 0 Å². The molecule has 1 heteroatoms. The monoisotopic (exact) mass is 165 g/mol. The molecule has 0 nitrogen and oxygen atoms in total. The molecule has 1 aromatic rings. The van der Waals surface area contributed by atoms with Crippen molar-refractivity contribution in [3.05, 3.63) is 34.9 Å². The Morgan fingerprint density at radius 3 is 3.00 bits per heavy atom. The maximum atomic E-state index is 5.98. The Morgan fingerprint density at radius 1 is 1.55 bits per heavy atom. The first-order chi connectivity index (χ1) is 5.36. The SMILES string of the molecule is Clc1cc[c]cc1CC1CC1. The van der Waals surface area contributed by atoms with Gasteiger partial charge in [-0.25, -0.2) is 0 Å². The summed E-state index contributed by atoms with van der Waals surface area (Å²) in [4.78, 5) is 0. The fourth-order valence-corrected chi connectivity index (χ4v) is 1.43. The maximum Gasteiger partial charge on any atom is 0.0438 e. The van der Waals surface area contributed by atoms with Gasteiger partial charge in [-0.1, -0.05) is 17.7 Å². The number of rotatable bonds is 2. The van der Waals surface area contributed by atoms with E-state index in [0.717, 1.165) is 17.4 Å². The van der Waals surface area contributed by atoms with Gasteiger partial charge in [0.2, 0.25) is 0 Å². The van der Waals surface area contributed by atoms with Crippen LogP contribution in [0.15, 0.2) is 18.2 Å². The quantitative estimate of drug-likeness (QED) is 0.632. The van der Waals surface area contributed by atoms with E-state index in [-0.39, 0.29) is 0 Å². The Kier molecular flexibility index (Phi) is 1.87. The second-order valence-corrected chi connectivity index (χ2v) is 3.57. The molecule has 0 heterocycles. The Labute approximate surface area is 72.2 Å². The van der Waals surface area contributed by atoms with Crippen LogP contribution in [-0.4, -0.2) is 0 Å². The topological polar surface area (TPSA) is 0 Å². The first-order valence-electron chi connectivity index (χ1n) is 4.01. The third kappa shape index (κ3) is 1.75. The Balaban J connectivity index is 2.15. The highest BCUT2D eigenvalue weighted by atomic mass is 35.5. The van der Waals surface area contributed by atoms with E-state index in [1.54, 1.807) is 0 Å². The molecule has 2 rings (SSSR count). The fraction of sp³-hybridized carbons (Fsp3) is 0.400. The van der Waals surface area contributed by atoms with E-state index in [2.05, 4.69) is 6.07 Å². The lowest BCUT2D eigenvalue weighted by Crippen LogP contribution is -1.86. The minimum atomic E-state index is 0.899. The van der Waals surface area contributed by atoms with Crippen LogP contribution in [0.4, 0.5) is 0 Å². The highest BCUT2D eigenvalue weighted by Crippen LogP contribution is 2.34. The smallest absolute Gasteiger partial charge is 0.0438 e. The van der Waals surface area contributed by atoms with Crippen molar-refractivity contribution in [2.24, 2.45) is 5.92 Å². The lowest BCUT2D eigenvalue weighted by Gasteiger charge is -2.00. The van der Waals surface area contributed by atoms with Crippen molar-refractivity contribution < 1.29 is 0 Å². The van der Waals surface area contributed by atoms with Gasteiger partial charge in [0, 0.05) is 5.02 Å². The van der Waals surface area contributed by atoms with Crippen LogP contribution < -0.4 is 0 Å². The molecule has 1 saturated carbocycles. The molecule has 1 aliphatic rings. The lowest BCUT2D eigenvalue weighted by atomic mass is 10.1. The van der Waals surface area contributed by atoms with Gasteiger partial charge in [0.05, 0.1) is 0 Å². The van der Waals surface area contributed by atoms with Crippen molar-refractivity contribution in [3.8, 4) is 0 Å². The summed E-state index contributed by atoms with van der Waals surface area (Å²) in [6.45, 7) is 0. The zero-order valence-corrected chi connectivity index (χ0v) is 7.06. The second-order valence-electron chi connectivity index (χ2n) is 3.17. The van der Waals surface area contributed by atoms with Gasteiger partial charge in [0.15, 0.2) is 0 Å². The van der Waals surface area contributed by atoms with Gasteiger partial charge in [0.25, 0.3) is 0 Å². The van der Waals surface area contributed by atoms with E-state index in [0.29, 0.717) is 0 Å². The normalized spacial score (nSPS) is 16.8. The molecule has 0 atom stereocenters. The van der Waals surface area contributed by atoms with Crippen LogP contribution in [0.1, 0.15) is 18.4 Å². The molecule has 1 aliphatic carbocycles. The number of hydrogen-bond donors (Lipinski definition) is 0.